The van der Waals surface area contributed by atoms with Gasteiger partial charge >= 0.3 is 5.97 Å². The molecule has 1 atom stereocenters. The van der Waals surface area contributed by atoms with E-state index in [1.165, 1.54) is 0 Å². The number of carbonyl (C=O) groups is 2. The van der Waals surface area contributed by atoms with E-state index in [1.807, 2.05) is 13.8 Å². The Kier molecular flexibility index (Phi) is 6.24. The van der Waals surface area contributed by atoms with E-state index in [2.05, 4.69) is 4.98 Å². The lowest BCUT2D eigenvalue weighted by Gasteiger charge is -2.31. The Bertz CT molecular complexity index is 769. The van der Waals surface area contributed by atoms with Crippen LogP contribution in [0.25, 0.3) is 0 Å². The first kappa shape index (κ1) is 19.9. The second kappa shape index (κ2) is 8.46. The second-order valence-corrected chi connectivity index (χ2v) is 8.39. The lowest BCUT2D eigenvalue weighted by molar-refractivity contribution is -0.151. The molecule has 2 aliphatic rings. The number of amides is 1. The third-order valence-electron chi connectivity index (χ3n) is 5.18. The van der Waals surface area contributed by atoms with E-state index in [4.69, 9.17) is 4.74 Å². The minimum Gasteiger partial charge on any atom is -0.466 e. The van der Waals surface area contributed by atoms with Gasteiger partial charge in [-0.25, -0.2) is 4.98 Å². The highest BCUT2D eigenvalue weighted by molar-refractivity contribution is 7.99. The molecule has 27 heavy (non-hydrogen) atoms. The number of fused-ring (bicyclic) bond motifs is 1. The molecule has 1 fully saturated rings. The maximum Gasteiger partial charge on any atom is 0.309 e. The summed E-state index contributed by atoms with van der Waals surface area (Å²) in [6, 6.07) is 1.43. The molecule has 1 aromatic rings. The molecule has 0 bridgehead atoms. The van der Waals surface area contributed by atoms with E-state index in [1.54, 1.807) is 34.2 Å². The monoisotopic (exact) mass is 393 g/mol. The molecule has 0 N–H and O–H groups in total. The van der Waals surface area contributed by atoms with Gasteiger partial charge in [0.1, 0.15) is 0 Å². The third kappa shape index (κ3) is 4.36. The van der Waals surface area contributed by atoms with Crippen molar-refractivity contribution in [1.29, 1.82) is 0 Å². The largest absolute Gasteiger partial charge is 0.466 e. The van der Waals surface area contributed by atoms with Crippen LogP contribution in [-0.4, -0.2) is 51.8 Å². The van der Waals surface area contributed by atoms with Gasteiger partial charge in [-0.15, -0.1) is 0 Å². The summed E-state index contributed by atoms with van der Waals surface area (Å²) in [4.78, 5) is 43.4. The minimum atomic E-state index is -0.163. The number of aromatic nitrogens is 2. The van der Waals surface area contributed by atoms with Gasteiger partial charge < -0.3 is 9.64 Å². The van der Waals surface area contributed by atoms with Gasteiger partial charge in [-0.05, 0) is 25.7 Å². The fourth-order valence-electron chi connectivity index (χ4n) is 3.57. The van der Waals surface area contributed by atoms with Crippen LogP contribution in [0.1, 0.15) is 57.7 Å². The molecule has 148 valence electrons. The van der Waals surface area contributed by atoms with E-state index in [0.717, 1.165) is 5.69 Å². The zero-order valence-corrected chi connectivity index (χ0v) is 17.0. The van der Waals surface area contributed by atoms with Crippen molar-refractivity contribution >= 4 is 23.6 Å². The Hall–Kier alpha value is -1.83. The van der Waals surface area contributed by atoms with E-state index in [9.17, 15) is 14.4 Å². The predicted octanol–water partition coefficient (Wildman–Crippen LogP) is 2.21. The number of nitrogens with zero attached hydrogens (tertiary/aromatic N) is 3. The third-order valence-corrected chi connectivity index (χ3v) is 6.28. The minimum absolute atomic E-state index is 0.0376. The van der Waals surface area contributed by atoms with Crippen LogP contribution in [0.4, 0.5) is 0 Å². The van der Waals surface area contributed by atoms with Gasteiger partial charge in [0.25, 0.3) is 5.56 Å². The van der Waals surface area contributed by atoms with E-state index >= 15 is 0 Å². The molecular formula is C19H27N3O4S. The first-order chi connectivity index (χ1) is 12.9. The van der Waals surface area contributed by atoms with E-state index in [0.29, 0.717) is 49.9 Å². The molecule has 3 rings (SSSR count). The van der Waals surface area contributed by atoms with Gasteiger partial charge in [0.05, 0.1) is 24.3 Å². The molecule has 0 spiro atoms. The highest BCUT2D eigenvalue weighted by Crippen LogP contribution is 2.33. The Balaban J connectivity index is 1.61. The Morgan fingerprint density at radius 1 is 1.33 bits per heavy atom. The van der Waals surface area contributed by atoms with Crippen LogP contribution in [0.15, 0.2) is 16.0 Å². The van der Waals surface area contributed by atoms with Crippen LogP contribution in [0, 0.1) is 5.92 Å². The summed E-state index contributed by atoms with van der Waals surface area (Å²) < 4.78 is 6.74. The first-order valence-corrected chi connectivity index (χ1v) is 10.6. The van der Waals surface area contributed by atoms with Crippen LogP contribution >= 0.6 is 11.8 Å². The molecule has 1 saturated heterocycles. The fourth-order valence-corrected chi connectivity index (χ4v) is 4.73. The van der Waals surface area contributed by atoms with E-state index in [-0.39, 0.29) is 35.3 Å². The number of thioether (sulfide) groups is 1. The smallest absolute Gasteiger partial charge is 0.309 e. The maximum absolute atomic E-state index is 12.7. The number of hydrogen-bond donors (Lipinski definition) is 0. The number of esters is 1. The number of likely N-dealkylation sites (tertiary alicyclic amines) is 1. The Morgan fingerprint density at radius 3 is 2.67 bits per heavy atom. The van der Waals surface area contributed by atoms with Gasteiger partial charge in [-0.3, -0.25) is 19.0 Å². The van der Waals surface area contributed by atoms with Gasteiger partial charge in [-0.2, -0.15) is 0 Å². The van der Waals surface area contributed by atoms with Crippen molar-refractivity contribution in [2.24, 2.45) is 5.92 Å². The number of rotatable bonds is 5. The average Bonchev–Trinajstić information content (AvgIpc) is 3.05. The van der Waals surface area contributed by atoms with Crippen molar-refractivity contribution < 1.29 is 14.3 Å². The molecule has 2 aliphatic heterocycles. The number of hydrogen-bond acceptors (Lipinski definition) is 6. The summed E-state index contributed by atoms with van der Waals surface area (Å²) in [7, 11) is 0. The molecule has 1 aromatic heterocycles. The summed E-state index contributed by atoms with van der Waals surface area (Å²) in [5, 5.41) is 0.713. The fraction of sp³-hybridized carbons (Fsp3) is 0.684. The van der Waals surface area contributed by atoms with Gasteiger partial charge in [0.15, 0.2) is 5.16 Å². The van der Waals surface area contributed by atoms with Crippen LogP contribution in [0.3, 0.4) is 0 Å². The lowest BCUT2D eigenvalue weighted by Crippen LogP contribution is -2.41. The summed E-state index contributed by atoms with van der Waals surface area (Å²) in [6.45, 7) is 7.34. The van der Waals surface area contributed by atoms with Crippen molar-refractivity contribution in [2.45, 2.75) is 57.1 Å². The van der Waals surface area contributed by atoms with Crippen molar-refractivity contribution in [3.63, 3.8) is 0 Å². The summed E-state index contributed by atoms with van der Waals surface area (Å²) in [5.74, 6) is 0.651. The SMILES string of the molecule is CCOC(=O)C1CCN(C(=O)C[C@H]2CSc3nc(C(C)C)cc(=O)n32)CC1. The molecule has 0 radical (unpaired) electrons. The van der Waals surface area contributed by atoms with Gasteiger partial charge in [-0.1, -0.05) is 25.6 Å². The predicted molar refractivity (Wildman–Crippen MR) is 103 cm³/mol. The standard InChI is InChI=1S/C19H27N3O4S/c1-4-26-18(25)13-5-7-21(8-6-13)16(23)9-14-11-27-19-20-15(12(2)3)10-17(24)22(14)19/h10,12-14H,4-9,11H2,1-3H3/t14-/m0/s1. The van der Waals surface area contributed by atoms with Crippen LogP contribution in [-0.2, 0) is 14.3 Å². The van der Waals surface area contributed by atoms with Crippen LogP contribution in [0.2, 0.25) is 0 Å². The molecule has 1 amide bonds. The molecule has 3 heterocycles. The zero-order valence-electron chi connectivity index (χ0n) is 16.1. The second-order valence-electron chi connectivity index (χ2n) is 7.40. The highest BCUT2D eigenvalue weighted by Gasteiger charge is 2.32. The Labute approximate surface area is 163 Å². The van der Waals surface area contributed by atoms with Gasteiger partial charge in [0.2, 0.25) is 5.91 Å². The van der Waals surface area contributed by atoms with Crippen LogP contribution in [0.5, 0.6) is 0 Å². The summed E-state index contributed by atoms with van der Waals surface area (Å²) in [6.07, 6.45) is 1.58. The first-order valence-electron chi connectivity index (χ1n) is 9.61. The van der Waals surface area contributed by atoms with Gasteiger partial charge in [0, 0.05) is 31.3 Å². The normalized spacial score (nSPS) is 20.0. The molecular weight excluding hydrogens is 366 g/mol. The lowest BCUT2D eigenvalue weighted by atomic mass is 9.96. The van der Waals surface area contributed by atoms with Crippen molar-refractivity contribution in [3.8, 4) is 0 Å². The number of piperidine rings is 1. The van der Waals surface area contributed by atoms with Crippen molar-refractivity contribution in [1.82, 2.24) is 14.5 Å². The quantitative estimate of drug-likeness (QED) is 0.563. The summed E-state index contributed by atoms with van der Waals surface area (Å²) >= 11 is 1.54. The molecule has 0 aliphatic carbocycles. The van der Waals surface area contributed by atoms with Crippen molar-refractivity contribution in [3.05, 3.63) is 22.1 Å². The van der Waals surface area contributed by atoms with Crippen LogP contribution < -0.4 is 5.56 Å². The van der Waals surface area contributed by atoms with Crippen molar-refractivity contribution in [2.75, 3.05) is 25.4 Å². The molecule has 8 heteroatoms. The molecule has 0 saturated carbocycles. The number of carbonyl (C=O) groups excluding carboxylic acids is 2. The highest BCUT2D eigenvalue weighted by atomic mass is 32.2. The topological polar surface area (TPSA) is 81.5 Å². The zero-order chi connectivity index (χ0) is 19.6. The number of ether oxygens (including phenoxy) is 1. The molecule has 7 nitrogen and oxygen atoms in total. The summed E-state index contributed by atoms with van der Waals surface area (Å²) in [5.41, 5.74) is 0.722. The van der Waals surface area contributed by atoms with E-state index < -0.39 is 0 Å². The average molecular weight is 394 g/mol. The maximum atomic E-state index is 12.7. The molecule has 0 aromatic carbocycles. The molecule has 0 unspecified atom stereocenters. The Morgan fingerprint density at radius 2 is 2.04 bits per heavy atom.